The Kier molecular flexibility index (Phi) is 7.83. The predicted octanol–water partition coefficient (Wildman–Crippen LogP) is 1.49. The van der Waals surface area contributed by atoms with E-state index in [1.807, 2.05) is 24.3 Å². The molecule has 0 aromatic carbocycles. The first-order valence-corrected chi connectivity index (χ1v) is 7.59. The molecule has 0 saturated heterocycles. The molecule has 17 heavy (non-hydrogen) atoms. The third-order valence-electron chi connectivity index (χ3n) is 2.25. The van der Waals surface area contributed by atoms with Gasteiger partial charge in [0.05, 0.1) is 6.33 Å². The van der Waals surface area contributed by atoms with Crippen LogP contribution in [-0.2, 0) is 6.54 Å². The Morgan fingerprint density at radius 1 is 1.35 bits per heavy atom. The molecular weight excluding hydrogens is 252 g/mol. The summed E-state index contributed by atoms with van der Waals surface area (Å²) in [7, 11) is 0. The lowest BCUT2D eigenvalue weighted by Crippen LogP contribution is -2.36. The van der Waals surface area contributed by atoms with Crippen LogP contribution >= 0.6 is 24.0 Å². The molecule has 6 heteroatoms. The highest BCUT2D eigenvalue weighted by Gasteiger charge is 1.95. The summed E-state index contributed by atoms with van der Waals surface area (Å²) in [6.07, 6.45) is 9.91. The molecule has 0 unspecified atom stereocenters. The van der Waals surface area contributed by atoms with Crippen LogP contribution in [0.4, 0.5) is 0 Å². The van der Waals surface area contributed by atoms with E-state index in [0.717, 1.165) is 37.6 Å². The quantitative estimate of drug-likeness (QED) is 0.554. The van der Waals surface area contributed by atoms with Crippen molar-refractivity contribution in [3.63, 3.8) is 0 Å². The number of thioether (sulfide) groups is 1. The molecule has 0 radical (unpaired) electrons. The number of imidazole rings is 1. The third kappa shape index (κ3) is 7.23. The number of aryl methyl sites for hydroxylation is 1. The molecule has 4 nitrogen and oxygen atoms in total. The maximum absolute atomic E-state index is 5.17. The second kappa shape index (κ2) is 9.30. The Labute approximate surface area is 113 Å². The first-order valence-electron chi connectivity index (χ1n) is 5.79. The second-order valence-corrected chi connectivity index (χ2v) is 5.08. The van der Waals surface area contributed by atoms with Gasteiger partial charge in [0.2, 0.25) is 0 Å². The highest BCUT2D eigenvalue weighted by Crippen LogP contribution is 1.93. The average molecular weight is 272 g/mol. The highest BCUT2D eigenvalue weighted by atomic mass is 32.2. The van der Waals surface area contributed by atoms with Gasteiger partial charge in [0.15, 0.2) is 5.11 Å². The van der Waals surface area contributed by atoms with Crippen molar-refractivity contribution in [3.8, 4) is 0 Å². The van der Waals surface area contributed by atoms with E-state index in [-0.39, 0.29) is 0 Å². The monoisotopic (exact) mass is 272 g/mol. The molecule has 0 bridgehead atoms. The summed E-state index contributed by atoms with van der Waals surface area (Å²) in [4.78, 5) is 4.00. The maximum Gasteiger partial charge on any atom is 0.166 e. The van der Waals surface area contributed by atoms with E-state index in [1.54, 1.807) is 6.20 Å². The fraction of sp³-hybridized carbons (Fsp3) is 0.636. The van der Waals surface area contributed by atoms with Gasteiger partial charge in [-0.3, -0.25) is 0 Å². The molecule has 2 N–H and O–H groups in total. The first-order chi connectivity index (χ1) is 8.33. The molecule has 1 aromatic rings. The van der Waals surface area contributed by atoms with Crippen molar-refractivity contribution in [1.82, 2.24) is 20.2 Å². The fourth-order valence-electron chi connectivity index (χ4n) is 1.36. The summed E-state index contributed by atoms with van der Waals surface area (Å²) in [5.74, 6) is 1.18. The first kappa shape index (κ1) is 14.3. The number of nitrogens with one attached hydrogen (secondary N) is 2. The highest BCUT2D eigenvalue weighted by molar-refractivity contribution is 7.98. The minimum absolute atomic E-state index is 0.761. The molecule has 1 heterocycles. The summed E-state index contributed by atoms with van der Waals surface area (Å²) < 4.78 is 2.07. The lowest BCUT2D eigenvalue weighted by atomic mass is 10.4. The van der Waals surface area contributed by atoms with E-state index in [0.29, 0.717) is 0 Å². The number of aromatic nitrogens is 2. The van der Waals surface area contributed by atoms with E-state index in [4.69, 9.17) is 12.2 Å². The zero-order chi connectivity index (χ0) is 12.3. The molecular formula is C11H20N4S2. The van der Waals surface area contributed by atoms with E-state index in [1.165, 1.54) is 5.75 Å². The van der Waals surface area contributed by atoms with E-state index < -0.39 is 0 Å². The van der Waals surface area contributed by atoms with Gasteiger partial charge in [-0.15, -0.1) is 0 Å². The number of nitrogens with zero attached hydrogens (tertiary/aromatic N) is 2. The molecule has 0 spiro atoms. The van der Waals surface area contributed by atoms with Crippen molar-refractivity contribution < 1.29 is 0 Å². The van der Waals surface area contributed by atoms with Crippen LogP contribution in [-0.4, -0.2) is 39.8 Å². The molecule has 1 rings (SSSR count). The van der Waals surface area contributed by atoms with Gasteiger partial charge in [0.1, 0.15) is 0 Å². The molecule has 0 atom stereocenters. The fourth-order valence-corrected chi connectivity index (χ4v) is 2.00. The van der Waals surface area contributed by atoms with Gasteiger partial charge < -0.3 is 15.2 Å². The molecule has 0 aliphatic heterocycles. The van der Waals surface area contributed by atoms with Gasteiger partial charge in [0.25, 0.3) is 0 Å². The maximum atomic E-state index is 5.17. The summed E-state index contributed by atoms with van der Waals surface area (Å²) in [6, 6.07) is 0. The molecule has 0 aliphatic rings. The van der Waals surface area contributed by atoms with Crippen molar-refractivity contribution in [2.24, 2.45) is 0 Å². The molecule has 0 fully saturated rings. The van der Waals surface area contributed by atoms with Crippen LogP contribution in [0.5, 0.6) is 0 Å². The largest absolute Gasteiger partial charge is 0.363 e. The SMILES string of the molecule is CSCCCNC(=S)NCCCn1ccnc1. The lowest BCUT2D eigenvalue weighted by Gasteiger charge is -2.10. The minimum atomic E-state index is 0.761. The van der Waals surface area contributed by atoms with Crippen LogP contribution < -0.4 is 10.6 Å². The van der Waals surface area contributed by atoms with Crippen LogP contribution in [0, 0.1) is 0 Å². The molecule has 1 aromatic heterocycles. The van der Waals surface area contributed by atoms with Crippen molar-refractivity contribution in [3.05, 3.63) is 18.7 Å². The Bertz CT molecular complexity index is 300. The summed E-state index contributed by atoms with van der Waals surface area (Å²) >= 11 is 7.03. The Morgan fingerprint density at radius 3 is 2.76 bits per heavy atom. The number of hydrogen-bond acceptors (Lipinski definition) is 3. The molecule has 0 aliphatic carbocycles. The molecule has 0 saturated carbocycles. The van der Waals surface area contributed by atoms with Crippen LogP contribution in [0.25, 0.3) is 0 Å². The zero-order valence-corrected chi connectivity index (χ0v) is 11.8. The Balaban J connectivity index is 1.93. The molecule has 0 amide bonds. The van der Waals surface area contributed by atoms with Gasteiger partial charge in [-0.2, -0.15) is 11.8 Å². The number of hydrogen-bond donors (Lipinski definition) is 2. The predicted molar refractivity (Wildman–Crippen MR) is 78.4 cm³/mol. The van der Waals surface area contributed by atoms with E-state index >= 15 is 0 Å². The van der Waals surface area contributed by atoms with Gasteiger partial charge in [0, 0.05) is 32.0 Å². The zero-order valence-electron chi connectivity index (χ0n) is 10.2. The van der Waals surface area contributed by atoms with Gasteiger partial charge >= 0.3 is 0 Å². The lowest BCUT2D eigenvalue weighted by molar-refractivity contribution is 0.627. The Hall–Kier alpha value is -0.750. The Morgan fingerprint density at radius 2 is 2.12 bits per heavy atom. The standard InChI is InChI=1S/C11H20N4S2/c1-17-9-3-5-14-11(16)13-4-2-7-15-8-6-12-10-15/h6,8,10H,2-5,7,9H2,1H3,(H2,13,14,16). The molecule has 96 valence electrons. The van der Waals surface area contributed by atoms with Crippen LogP contribution in [0.3, 0.4) is 0 Å². The second-order valence-electron chi connectivity index (χ2n) is 3.68. The van der Waals surface area contributed by atoms with Crippen LogP contribution in [0.2, 0.25) is 0 Å². The van der Waals surface area contributed by atoms with E-state index in [9.17, 15) is 0 Å². The van der Waals surface area contributed by atoms with Crippen molar-refractivity contribution >= 4 is 29.1 Å². The topological polar surface area (TPSA) is 41.9 Å². The van der Waals surface area contributed by atoms with Crippen molar-refractivity contribution in [1.29, 1.82) is 0 Å². The third-order valence-corrected chi connectivity index (χ3v) is 3.23. The summed E-state index contributed by atoms with van der Waals surface area (Å²) in [6.45, 7) is 2.82. The number of thiocarbonyl (C=S) groups is 1. The number of rotatable bonds is 8. The van der Waals surface area contributed by atoms with Gasteiger partial charge in [-0.1, -0.05) is 0 Å². The van der Waals surface area contributed by atoms with Crippen LogP contribution in [0.15, 0.2) is 18.7 Å². The van der Waals surface area contributed by atoms with Crippen molar-refractivity contribution in [2.45, 2.75) is 19.4 Å². The van der Waals surface area contributed by atoms with Gasteiger partial charge in [-0.05, 0) is 37.1 Å². The van der Waals surface area contributed by atoms with E-state index in [2.05, 4.69) is 26.4 Å². The summed E-state index contributed by atoms with van der Waals surface area (Å²) in [5, 5.41) is 7.16. The summed E-state index contributed by atoms with van der Waals surface area (Å²) in [5.41, 5.74) is 0. The smallest absolute Gasteiger partial charge is 0.166 e. The van der Waals surface area contributed by atoms with Gasteiger partial charge in [-0.25, -0.2) is 4.98 Å². The van der Waals surface area contributed by atoms with Crippen LogP contribution in [0.1, 0.15) is 12.8 Å². The minimum Gasteiger partial charge on any atom is -0.363 e. The average Bonchev–Trinajstić information content (AvgIpc) is 2.83. The van der Waals surface area contributed by atoms with Crippen molar-refractivity contribution in [2.75, 3.05) is 25.1 Å². The normalized spacial score (nSPS) is 10.2.